The van der Waals surface area contributed by atoms with Crippen LogP contribution in [-0.2, 0) is 17.8 Å². The summed E-state index contributed by atoms with van der Waals surface area (Å²) in [4.78, 5) is 17.9. The van der Waals surface area contributed by atoms with Crippen LogP contribution < -0.4 is 11.1 Å². The second-order valence-electron chi connectivity index (χ2n) is 6.34. The fourth-order valence-electron chi connectivity index (χ4n) is 2.72. The molecule has 2 aromatic rings. The number of carbonyl (C=O) groups is 1. The summed E-state index contributed by atoms with van der Waals surface area (Å²) in [5.74, 6) is -0.927. The minimum absolute atomic E-state index is 0.283. The van der Waals surface area contributed by atoms with Gasteiger partial charge in [-0.1, -0.05) is 24.3 Å². The molecular weight excluding hydrogens is 350 g/mol. The number of carbonyl (C=O) groups excluding carboxylic acids is 1. The van der Waals surface area contributed by atoms with E-state index in [1.807, 2.05) is 11.9 Å². The molecule has 5 nitrogen and oxygen atoms in total. The lowest BCUT2D eigenvalue weighted by molar-refractivity contribution is -0.121. The lowest BCUT2D eigenvalue weighted by Crippen LogP contribution is -2.43. The lowest BCUT2D eigenvalue weighted by Gasteiger charge is -2.24. The van der Waals surface area contributed by atoms with Gasteiger partial charge in [0.25, 0.3) is 0 Å². The topological polar surface area (TPSA) is 70.7 Å². The zero-order valence-electron chi connectivity index (χ0n) is 15.5. The Morgan fingerprint density at radius 1 is 1.07 bits per heavy atom. The van der Waals surface area contributed by atoms with Crippen LogP contribution in [0.15, 0.2) is 53.5 Å². The maximum absolute atomic E-state index is 13.0. The Labute approximate surface area is 157 Å². The molecule has 1 amide bonds. The number of guanidine groups is 1. The summed E-state index contributed by atoms with van der Waals surface area (Å²) >= 11 is 0. The highest BCUT2D eigenvalue weighted by Gasteiger charge is 2.18. The molecule has 0 heterocycles. The Balaban J connectivity index is 1.95. The molecule has 0 saturated carbocycles. The van der Waals surface area contributed by atoms with Crippen LogP contribution in [0.2, 0.25) is 0 Å². The van der Waals surface area contributed by atoms with Crippen LogP contribution in [0.25, 0.3) is 0 Å². The highest BCUT2D eigenvalue weighted by atomic mass is 19.1. The average Bonchev–Trinajstić information content (AvgIpc) is 2.64. The summed E-state index contributed by atoms with van der Waals surface area (Å²) in [6, 6.07) is 12.2. The molecule has 0 aliphatic heterocycles. The van der Waals surface area contributed by atoms with E-state index in [-0.39, 0.29) is 11.6 Å². The SMILES string of the molecule is CN=C(NCC(Cc1ccc(F)cc1)C(N)=O)N(C)Cc1ccc(F)cc1. The van der Waals surface area contributed by atoms with Crippen molar-refractivity contribution in [2.75, 3.05) is 20.6 Å². The van der Waals surface area contributed by atoms with Crippen molar-refractivity contribution in [1.29, 1.82) is 0 Å². The van der Waals surface area contributed by atoms with Crippen LogP contribution in [0.1, 0.15) is 11.1 Å². The summed E-state index contributed by atoms with van der Waals surface area (Å²) in [6.45, 7) is 0.826. The molecule has 0 radical (unpaired) electrons. The van der Waals surface area contributed by atoms with Crippen LogP contribution >= 0.6 is 0 Å². The zero-order valence-corrected chi connectivity index (χ0v) is 15.5. The predicted octanol–water partition coefficient (Wildman–Crippen LogP) is 2.32. The largest absolute Gasteiger partial charge is 0.369 e. The Morgan fingerprint density at radius 3 is 2.07 bits per heavy atom. The van der Waals surface area contributed by atoms with Gasteiger partial charge in [0, 0.05) is 27.2 Å². The highest BCUT2D eigenvalue weighted by molar-refractivity contribution is 5.81. The standard InChI is InChI=1S/C20H24F2N4O/c1-24-20(26(2)13-15-5-9-18(22)10-6-15)25-12-16(19(23)27)11-14-3-7-17(21)8-4-14/h3-10,16H,11-13H2,1-2H3,(H2,23,27)(H,24,25). The van der Waals surface area contributed by atoms with Crippen molar-refractivity contribution in [2.45, 2.75) is 13.0 Å². The molecule has 7 heteroatoms. The summed E-state index contributed by atoms with van der Waals surface area (Å²) in [5.41, 5.74) is 7.27. The number of nitrogens with zero attached hydrogens (tertiary/aromatic N) is 2. The summed E-state index contributed by atoms with van der Waals surface area (Å²) in [7, 11) is 3.49. The lowest BCUT2D eigenvalue weighted by atomic mass is 9.98. The van der Waals surface area contributed by atoms with Crippen LogP contribution in [0, 0.1) is 17.6 Å². The zero-order chi connectivity index (χ0) is 19.8. The number of aliphatic imine (C=N–C) groups is 1. The van der Waals surface area contributed by atoms with Gasteiger partial charge in [-0.25, -0.2) is 8.78 Å². The van der Waals surface area contributed by atoms with E-state index in [4.69, 9.17) is 5.73 Å². The molecule has 0 bridgehead atoms. The van der Waals surface area contributed by atoms with Gasteiger partial charge in [0.15, 0.2) is 5.96 Å². The van der Waals surface area contributed by atoms with Crippen LogP contribution in [-0.4, -0.2) is 37.4 Å². The number of primary amides is 1. The molecule has 144 valence electrons. The molecule has 0 saturated heterocycles. The fraction of sp³-hybridized carbons (Fsp3) is 0.300. The number of hydrogen-bond donors (Lipinski definition) is 2. The number of hydrogen-bond acceptors (Lipinski definition) is 2. The van der Waals surface area contributed by atoms with E-state index >= 15 is 0 Å². The first-order valence-electron chi connectivity index (χ1n) is 8.59. The van der Waals surface area contributed by atoms with Gasteiger partial charge in [0.2, 0.25) is 5.91 Å². The third kappa shape index (κ3) is 6.36. The van der Waals surface area contributed by atoms with Crippen molar-refractivity contribution in [3.63, 3.8) is 0 Å². The number of rotatable bonds is 7. The Bertz CT molecular complexity index is 776. The summed E-state index contributed by atoms with van der Waals surface area (Å²) < 4.78 is 26.0. The molecule has 1 atom stereocenters. The molecule has 2 rings (SSSR count). The maximum atomic E-state index is 13.0. The second-order valence-corrected chi connectivity index (χ2v) is 6.34. The van der Waals surface area contributed by atoms with E-state index in [1.165, 1.54) is 24.3 Å². The Kier molecular flexibility index (Phi) is 7.28. The first kappa shape index (κ1) is 20.4. The van der Waals surface area contributed by atoms with Crippen LogP contribution in [0.5, 0.6) is 0 Å². The van der Waals surface area contributed by atoms with E-state index in [0.717, 1.165) is 11.1 Å². The monoisotopic (exact) mass is 374 g/mol. The normalized spacial score (nSPS) is 12.5. The summed E-state index contributed by atoms with van der Waals surface area (Å²) in [5, 5.41) is 3.14. The molecular formula is C20H24F2N4O. The molecule has 3 N–H and O–H groups in total. The van der Waals surface area contributed by atoms with Gasteiger partial charge in [-0.3, -0.25) is 9.79 Å². The van der Waals surface area contributed by atoms with Crippen molar-refractivity contribution in [3.8, 4) is 0 Å². The molecule has 0 spiro atoms. The molecule has 0 aliphatic carbocycles. The van der Waals surface area contributed by atoms with Crippen molar-refractivity contribution in [1.82, 2.24) is 10.2 Å². The van der Waals surface area contributed by atoms with Gasteiger partial charge in [-0.2, -0.15) is 0 Å². The van der Waals surface area contributed by atoms with Gasteiger partial charge >= 0.3 is 0 Å². The Hall–Kier alpha value is -2.96. The maximum Gasteiger partial charge on any atom is 0.222 e. The minimum atomic E-state index is -0.466. The quantitative estimate of drug-likeness (QED) is 0.577. The van der Waals surface area contributed by atoms with Crippen molar-refractivity contribution >= 4 is 11.9 Å². The van der Waals surface area contributed by atoms with Gasteiger partial charge < -0.3 is 16.0 Å². The number of amides is 1. The minimum Gasteiger partial charge on any atom is -0.369 e. The van der Waals surface area contributed by atoms with Crippen LogP contribution in [0.3, 0.4) is 0 Å². The first-order valence-corrected chi connectivity index (χ1v) is 8.59. The van der Waals surface area contributed by atoms with Crippen molar-refractivity contribution < 1.29 is 13.6 Å². The van der Waals surface area contributed by atoms with Crippen LogP contribution in [0.4, 0.5) is 8.78 Å². The first-order chi connectivity index (χ1) is 12.9. The third-order valence-electron chi connectivity index (χ3n) is 4.21. The number of nitrogens with two attached hydrogens (primary N) is 1. The fourth-order valence-corrected chi connectivity index (χ4v) is 2.72. The smallest absolute Gasteiger partial charge is 0.222 e. The van der Waals surface area contributed by atoms with Gasteiger partial charge in [0.05, 0.1) is 5.92 Å². The van der Waals surface area contributed by atoms with Gasteiger partial charge in [0.1, 0.15) is 11.6 Å². The predicted molar refractivity (Wildman–Crippen MR) is 102 cm³/mol. The Morgan fingerprint density at radius 2 is 1.59 bits per heavy atom. The molecule has 27 heavy (non-hydrogen) atoms. The van der Waals surface area contributed by atoms with Gasteiger partial charge in [-0.05, 0) is 41.8 Å². The van der Waals surface area contributed by atoms with Crippen molar-refractivity contribution in [2.24, 2.45) is 16.6 Å². The van der Waals surface area contributed by atoms with E-state index in [9.17, 15) is 13.6 Å². The van der Waals surface area contributed by atoms with E-state index in [2.05, 4.69) is 10.3 Å². The summed E-state index contributed by atoms with van der Waals surface area (Å²) in [6.07, 6.45) is 0.404. The third-order valence-corrected chi connectivity index (χ3v) is 4.21. The molecule has 0 fully saturated rings. The average molecular weight is 374 g/mol. The number of halogens is 2. The van der Waals surface area contributed by atoms with Gasteiger partial charge in [-0.15, -0.1) is 0 Å². The van der Waals surface area contributed by atoms with E-state index in [1.54, 1.807) is 31.3 Å². The molecule has 0 aromatic heterocycles. The number of benzene rings is 2. The molecule has 0 aliphatic rings. The molecule has 1 unspecified atom stereocenters. The highest BCUT2D eigenvalue weighted by Crippen LogP contribution is 2.10. The second kappa shape index (κ2) is 9.66. The van der Waals surface area contributed by atoms with Crippen molar-refractivity contribution in [3.05, 3.63) is 71.3 Å². The van der Waals surface area contributed by atoms with E-state index < -0.39 is 11.8 Å². The number of nitrogens with one attached hydrogen (secondary N) is 1. The van der Waals surface area contributed by atoms with E-state index in [0.29, 0.717) is 25.5 Å². The molecule has 2 aromatic carbocycles.